The molecule has 3 rings (SSSR count). The summed E-state index contributed by atoms with van der Waals surface area (Å²) in [4.78, 5) is 22.8. The normalized spacial score (nSPS) is 17.8. The van der Waals surface area contributed by atoms with Gasteiger partial charge in [-0.1, -0.05) is 13.8 Å². The number of rotatable bonds is 7. The van der Waals surface area contributed by atoms with Crippen LogP contribution in [0, 0.1) is 5.92 Å². The maximum atomic E-state index is 12.1. The first-order chi connectivity index (χ1) is 13.1. The van der Waals surface area contributed by atoms with Crippen LogP contribution >= 0.6 is 0 Å². The summed E-state index contributed by atoms with van der Waals surface area (Å²) in [5.41, 5.74) is 0.973. The van der Waals surface area contributed by atoms with E-state index in [0.29, 0.717) is 25.6 Å². The lowest BCUT2D eigenvalue weighted by atomic mass is 10.2. The number of nitrogens with one attached hydrogen (secondary N) is 2. The van der Waals surface area contributed by atoms with Gasteiger partial charge in [-0.25, -0.2) is 14.8 Å². The number of hydrogen-bond acceptors (Lipinski definition) is 5. The zero-order valence-electron chi connectivity index (χ0n) is 16.0. The van der Waals surface area contributed by atoms with E-state index in [9.17, 15) is 4.79 Å². The average molecular weight is 372 g/mol. The number of amides is 2. The van der Waals surface area contributed by atoms with Crippen LogP contribution in [0.4, 0.5) is 4.79 Å². The molecule has 146 valence electrons. The number of hydrogen-bond donors (Lipinski definition) is 2. The molecule has 0 saturated carbocycles. The fourth-order valence-corrected chi connectivity index (χ4v) is 3.14. The van der Waals surface area contributed by atoms with E-state index in [2.05, 4.69) is 39.3 Å². The van der Waals surface area contributed by atoms with E-state index < -0.39 is 0 Å². The molecule has 3 heterocycles. The average Bonchev–Trinajstić information content (AvgIpc) is 3.20. The molecule has 1 unspecified atom stereocenters. The van der Waals surface area contributed by atoms with Crippen molar-refractivity contribution in [3.05, 3.63) is 42.6 Å². The number of pyridine rings is 1. The zero-order chi connectivity index (χ0) is 19.1. The van der Waals surface area contributed by atoms with E-state index in [1.54, 1.807) is 18.7 Å². The first-order valence-electron chi connectivity index (χ1n) is 9.39. The second-order valence-electron chi connectivity index (χ2n) is 7.20. The number of imidazole rings is 1. The maximum absolute atomic E-state index is 12.1. The molecular weight excluding hydrogens is 344 g/mol. The maximum Gasteiger partial charge on any atom is 0.315 e. The van der Waals surface area contributed by atoms with Crippen molar-refractivity contribution in [1.82, 2.24) is 30.1 Å². The van der Waals surface area contributed by atoms with Gasteiger partial charge in [-0.2, -0.15) is 0 Å². The Bertz CT molecular complexity index is 719. The molecule has 1 atom stereocenters. The van der Waals surface area contributed by atoms with Crippen LogP contribution in [0.25, 0.3) is 5.82 Å². The van der Waals surface area contributed by atoms with Crippen LogP contribution in [-0.2, 0) is 11.3 Å². The molecule has 0 spiro atoms. The molecule has 0 radical (unpaired) electrons. The SMILES string of the molecule is CC(C)CN1CCOC(CNC(=O)NCc2ccnc(-n3ccnc3)c2)C1. The molecule has 0 bridgehead atoms. The Labute approximate surface area is 159 Å². The van der Waals surface area contributed by atoms with Crippen molar-refractivity contribution in [3.63, 3.8) is 0 Å². The molecule has 0 aromatic carbocycles. The summed E-state index contributed by atoms with van der Waals surface area (Å²) in [7, 11) is 0. The first kappa shape index (κ1) is 19.3. The molecule has 2 aromatic heterocycles. The Kier molecular flexibility index (Phi) is 6.78. The van der Waals surface area contributed by atoms with Crippen molar-refractivity contribution in [1.29, 1.82) is 0 Å². The van der Waals surface area contributed by atoms with Gasteiger partial charge in [0.25, 0.3) is 0 Å². The van der Waals surface area contributed by atoms with Crippen LogP contribution in [0.5, 0.6) is 0 Å². The van der Waals surface area contributed by atoms with Crippen LogP contribution in [0.15, 0.2) is 37.1 Å². The summed E-state index contributed by atoms with van der Waals surface area (Å²) in [6, 6.07) is 3.62. The Morgan fingerprint density at radius 1 is 1.37 bits per heavy atom. The Morgan fingerprint density at radius 2 is 2.26 bits per heavy atom. The van der Waals surface area contributed by atoms with Gasteiger partial charge in [0.05, 0.1) is 12.7 Å². The summed E-state index contributed by atoms with van der Waals surface area (Å²) in [5.74, 6) is 1.40. The number of nitrogens with zero attached hydrogens (tertiary/aromatic N) is 4. The van der Waals surface area contributed by atoms with Gasteiger partial charge < -0.3 is 15.4 Å². The van der Waals surface area contributed by atoms with Crippen LogP contribution in [0.1, 0.15) is 19.4 Å². The summed E-state index contributed by atoms with van der Waals surface area (Å²) < 4.78 is 7.59. The highest BCUT2D eigenvalue weighted by Crippen LogP contribution is 2.08. The minimum atomic E-state index is -0.194. The van der Waals surface area contributed by atoms with E-state index in [4.69, 9.17) is 4.74 Å². The first-order valence-corrected chi connectivity index (χ1v) is 9.39. The monoisotopic (exact) mass is 372 g/mol. The highest BCUT2D eigenvalue weighted by molar-refractivity contribution is 5.73. The summed E-state index contributed by atoms with van der Waals surface area (Å²) in [6.45, 7) is 8.97. The van der Waals surface area contributed by atoms with Gasteiger partial charge in [0.2, 0.25) is 0 Å². The molecule has 1 fully saturated rings. The predicted molar refractivity (Wildman–Crippen MR) is 103 cm³/mol. The van der Waals surface area contributed by atoms with Crippen molar-refractivity contribution < 1.29 is 9.53 Å². The number of aromatic nitrogens is 3. The number of carbonyl (C=O) groups excluding carboxylic acids is 1. The molecular formula is C19H28N6O2. The van der Waals surface area contributed by atoms with Crippen LogP contribution in [-0.4, -0.2) is 64.4 Å². The summed E-state index contributed by atoms with van der Waals surface area (Å²) in [5, 5.41) is 5.79. The number of morpholine rings is 1. The Balaban J connectivity index is 1.42. The third-order valence-corrected chi connectivity index (χ3v) is 4.37. The van der Waals surface area contributed by atoms with Crippen LogP contribution in [0.2, 0.25) is 0 Å². The molecule has 1 aliphatic heterocycles. The zero-order valence-corrected chi connectivity index (χ0v) is 16.0. The van der Waals surface area contributed by atoms with Crippen molar-refractivity contribution >= 4 is 6.03 Å². The highest BCUT2D eigenvalue weighted by atomic mass is 16.5. The lowest BCUT2D eigenvalue weighted by Gasteiger charge is -2.33. The molecule has 1 aliphatic rings. The summed E-state index contributed by atoms with van der Waals surface area (Å²) in [6.07, 6.45) is 6.99. The number of urea groups is 1. The molecule has 2 aromatic rings. The van der Waals surface area contributed by atoms with E-state index in [1.807, 2.05) is 22.9 Å². The van der Waals surface area contributed by atoms with Gasteiger partial charge in [0.1, 0.15) is 12.1 Å². The second kappa shape index (κ2) is 9.48. The third kappa shape index (κ3) is 6.04. The Morgan fingerprint density at radius 3 is 3.04 bits per heavy atom. The van der Waals surface area contributed by atoms with Crippen LogP contribution in [0.3, 0.4) is 0 Å². The number of ether oxygens (including phenoxy) is 1. The fourth-order valence-electron chi connectivity index (χ4n) is 3.14. The van der Waals surface area contributed by atoms with E-state index in [0.717, 1.165) is 31.0 Å². The molecule has 1 saturated heterocycles. The molecule has 2 amide bonds. The fraction of sp³-hybridized carbons (Fsp3) is 0.526. The minimum Gasteiger partial charge on any atom is -0.374 e. The van der Waals surface area contributed by atoms with E-state index >= 15 is 0 Å². The molecule has 0 aliphatic carbocycles. The highest BCUT2D eigenvalue weighted by Gasteiger charge is 2.21. The molecule has 2 N–H and O–H groups in total. The van der Waals surface area contributed by atoms with Gasteiger partial charge in [-0.05, 0) is 23.6 Å². The predicted octanol–water partition coefficient (Wildman–Crippen LogP) is 1.42. The standard InChI is InChI=1S/C19H28N6O2/c1-15(2)12-24-7-8-27-17(13-24)11-23-19(26)22-10-16-3-4-21-18(9-16)25-6-5-20-14-25/h3-6,9,14-15,17H,7-8,10-13H2,1-2H3,(H2,22,23,26). The quantitative estimate of drug-likeness (QED) is 0.768. The van der Waals surface area contributed by atoms with Crippen LogP contribution < -0.4 is 10.6 Å². The number of carbonyl (C=O) groups is 1. The lowest BCUT2D eigenvalue weighted by Crippen LogP contribution is -2.49. The van der Waals surface area contributed by atoms with Gasteiger partial charge in [-0.3, -0.25) is 9.47 Å². The van der Waals surface area contributed by atoms with Gasteiger partial charge in [-0.15, -0.1) is 0 Å². The summed E-state index contributed by atoms with van der Waals surface area (Å²) >= 11 is 0. The van der Waals surface area contributed by atoms with Crippen molar-refractivity contribution in [2.45, 2.75) is 26.5 Å². The molecule has 8 nitrogen and oxygen atoms in total. The van der Waals surface area contributed by atoms with E-state index in [1.165, 1.54) is 0 Å². The second-order valence-corrected chi connectivity index (χ2v) is 7.20. The molecule has 27 heavy (non-hydrogen) atoms. The lowest BCUT2D eigenvalue weighted by molar-refractivity contribution is -0.0290. The minimum absolute atomic E-state index is 0.0389. The van der Waals surface area contributed by atoms with Gasteiger partial charge in [0, 0.05) is 51.3 Å². The smallest absolute Gasteiger partial charge is 0.315 e. The van der Waals surface area contributed by atoms with Crippen molar-refractivity contribution in [2.24, 2.45) is 5.92 Å². The van der Waals surface area contributed by atoms with Gasteiger partial charge in [0.15, 0.2) is 0 Å². The topological polar surface area (TPSA) is 84.3 Å². The third-order valence-electron chi connectivity index (χ3n) is 4.37. The van der Waals surface area contributed by atoms with E-state index in [-0.39, 0.29) is 12.1 Å². The molecule has 8 heteroatoms. The Hall–Kier alpha value is -2.45. The largest absolute Gasteiger partial charge is 0.374 e. The van der Waals surface area contributed by atoms with Crippen molar-refractivity contribution in [2.75, 3.05) is 32.8 Å². The van der Waals surface area contributed by atoms with Gasteiger partial charge >= 0.3 is 6.03 Å². The van der Waals surface area contributed by atoms with Crippen molar-refractivity contribution in [3.8, 4) is 5.82 Å².